The Morgan fingerprint density at radius 3 is 2.78 bits per heavy atom. The molecule has 0 fully saturated rings. The van der Waals surface area contributed by atoms with Crippen LogP contribution in [0.2, 0.25) is 0 Å². The summed E-state index contributed by atoms with van der Waals surface area (Å²) in [6.07, 6.45) is 0.903. The van der Waals surface area contributed by atoms with E-state index in [0.717, 1.165) is 39.3 Å². The average Bonchev–Trinajstić information content (AvgIpc) is 2.51. The summed E-state index contributed by atoms with van der Waals surface area (Å²) in [5.74, 6) is 0.511. The molecule has 0 spiro atoms. The van der Waals surface area contributed by atoms with Gasteiger partial charge in [0.15, 0.2) is 5.96 Å². The van der Waals surface area contributed by atoms with Gasteiger partial charge in [0.25, 0.3) is 0 Å². The van der Waals surface area contributed by atoms with Gasteiger partial charge in [0.05, 0.1) is 0 Å². The molecule has 0 saturated heterocycles. The molecule has 5 nitrogen and oxygen atoms in total. The molecule has 132 valence electrons. The first-order valence-electron chi connectivity index (χ1n) is 8.10. The maximum atomic E-state index is 5.86. The predicted octanol–water partition coefficient (Wildman–Crippen LogP) is 2.77. The minimum Gasteiger partial charge on any atom is -0.382 e. The number of hydrogen-bond donors (Lipinski definition) is 2. The van der Waals surface area contributed by atoms with Gasteiger partial charge in [-0.1, -0.05) is 12.1 Å². The van der Waals surface area contributed by atoms with Crippen LogP contribution in [-0.4, -0.2) is 45.4 Å². The molecule has 0 bridgehead atoms. The van der Waals surface area contributed by atoms with Gasteiger partial charge in [0.2, 0.25) is 0 Å². The average molecular weight is 434 g/mol. The summed E-state index contributed by atoms with van der Waals surface area (Å²) in [4.78, 5) is 6.61. The second-order valence-electron chi connectivity index (χ2n) is 5.16. The van der Waals surface area contributed by atoms with Crippen molar-refractivity contribution in [1.82, 2.24) is 5.32 Å². The third-order valence-electron chi connectivity index (χ3n) is 3.37. The number of aliphatic imine (C=N–C) groups is 1. The summed E-state index contributed by atoms with van der Waals surface area (Å²) >= 11 is 0. The van der Waals surface area contributed by atoms with Crippen molar-refractivity contribution in [3.8, 4) is 0 Å². The molecular formula is C17H31IN4O. The molecule has 0 aliphatic rings. The Hall–Kier alpha value is -1.02. The Bertz CT molecular complexity index is 454. The fraction of sp³-hybridized carbons (Fsp3) is 0.588. The number of aryl methyl sites for hydroxylation is 1. The van der Waals surface area contributed by atoms with Gasteiger partial charge in [-0.25, -0.2) is 0 Å². The Morgan fingerprint density at radius 1 is 1.35 bits per heavy atom. The van der Waals surface area contributed by atoms with Gasteiger partial charge >= 0.3 is 0 Å². The standard InChI is InChI=1S/C17H30N4O.HI/c1-4-21(16-9-6-8-15(3)14-16)12-11-20-17(18)19-10-7-13-22-5-2;/h6,8-9,14H,4-5,7,10-13H2,1-3H3,(H3,18,19,20);1H. The van der Waals surface area contributed by atoms with Crippen LogP contribution in [0.3, 0.4) is 0 Å². The zero-order chi connectivity index (χ0) is 16.2. The maximum Gasteiger partial charge on any atom is 0.188 e. The monoisotopic (exact) mass is 434 g/mol. The SMILES string of the molecule is CCOCCCN=C(N)NCCN(CC)c1cccc(C)c1.I. The summed E-state index contributed by atoms with van der Waals surface area (Å²) in [5, 5.41) is 3.17. The first-order valence-corrected chi connectivity index (χ1v) is 8.10. The Kier molecular flexibility index (Phi) is 12.8. The second-order valence-corrected chi connectivity index (χ2v) is 5.16. The Morgan fingerprint density at radius 2 is 2.13 bits per heavy atom. The molecule has 3 N–H and O–H groups in total. The van der Waals surface area contributed by atoms with E-state index in [9.17, 15) is 0 Å². The number of anilines is 1. The molecule has 23 heavy (non-hydrogen) atoms. The fourth-order valence-corrected chi connectivity index (χ4v) is 2.18. The Balaban J connectivity index is 0.00000484. The molecule has 1 aromatic carbocycles. The number of nitrogens with one attached hydrogen (secondary N) is 1. The number of guanidine groups is 1. The molecule has 0 unspecified atom stereocenters. The Labute approximate surface area is 157 Å². The molecule has 1 rings (SSSR count). The lowest BCUT2D eigenvalue weighted by atomic mass is 10.2. The summed E-state index contributed by atoms with van der Waals surface area (Å²) in [7, 11) is 0. The molecule has 0 radical (unpaired) electrons. The van der Waals surface area contributed by atoms with E-state index in [2.05, 4.69) is 53.3 Å². The van der Waals surface area contributed by atoms with E-state index < -0.39 is 0 Å². The number of likely N-dealkylation sites (N-methyl/N-ethyl adjacent to an activating group) is 1. The zero-order valence-corrected chi connectivity index (χ0v) is 16.9. The van der Waals surface area contributed by atoms with Crippen LogP contribution in [0.4, 0.5) is 5.69 Å². The van der Waals surface area contributed by atoms with Gasteiger partial charge in [-0.3, -0.25) is 4.99 Å². The smallest absolute Gasteiger partial charge is 0.188 e. The lowest BCUT2D eigenvalue weighted by Gasteiger charge is -2.23. The van der Waals surface area contributed by atoms with Crippen LogP contribution in [0, 0.1) is 6.92 Å². The third kappa shape index (κ3) is 9.65. The van der Waals surface area contributed by atoms with E-state index in [1.807, 2.05) is 6.92 Å². The number of hydrogen-bond acceptors (Lipinski definition) is 3. The second kappa shape index (κ2) is 13.4. The highest BCUT2D eigenvalue weighted by molar-refractivity contribution is 14.0. The maximum absolute atomic E-state index is 5.86. The van der Waals surface area contributed by atoms with Crippen molar-refractivity contribution in [2.24, 2.45) is 10.7 Å². The van der Waals surface area contributed by atoms with Gasteiger partial charge in [0.1, 0.15) is 0 Å². The first kappa shape index (κ1) is 22.0. The van der Waals surface area contributed by atoms with Gasteiger partial charge in [-0.05, 0) is 44.9 Å². The van der Waals surface area contributed by atoms with Crippen molar-refractivity contribution in [2.45, 2.75) is 27.2 Å². The van der Waals surface area contributed by atoms with Crippen LogP contribution in [-0.2, 0) is 4.74 Å². The third-order valence-corrected chi connectivity index (χ3v) is 3.37. The van der Waals surface area contributed by atoms with Gasteiger partial charge in [-0.15, -0.1) is 24.0 Å². The molecule has 0 atom stereocenters. The highest BCUT2D eigenvalue weighted by Crippen LogP contribution is 2.14. The predicted molar refractivity (Wildman–Crippen MR) is 110 cm³/mol. The molecule has 0 aromatic heterocycles. The summed E-state index contributed by atoms with van der Waals surface area (Å²) < 4.78 is 5.26. The van der Waals surface area contributed by atoms with Crippen LogP contribution in [0.15, 0.2) is 29.3 Å². The van der Waals surface area contributed by atoms with Crippen LogP contribution in [0.25, 0.3) is 0 Å². The normalized spacial score (nSPS) is 11.0. The van der Waals surface area contributed by atoms with Crippen LogP contribution >= 0.6 is 24.0 Å². The van der Waals surface area contributed by atoms with Crippen molar-refractivity contribution in [3.05, 3.63) is 29.8 Å². The summed E-state index contributed by atoms with van der Waals surface area (Å²) in [6, 6.07) is 8.55. The lowest BCUT2D eigenvalue weighted by Crippen LogP contribution is -2.38. The highest BCUT2D eigenvalue weighted by Gasteiger charge is 2.04. The highest BCUT2D eigenvalue weighted by atomic mass is 127. The molecule has 0 heterocycles. The number of rotatable bonds is 10. The van der Waals surface area contributed by atoms with E-state index in [-0.39, 0.29) is 24.0 Å². The molecule has 0 aliphatic carbocycles. The molecule has 0 amide bonds. The molecule has 1 aromatic rings. The lowest BCUT2D eigenvalue weighted by molar-refractivity contribution is 0.146. The van der Waals surface area contributed by atoms with Crippen molar-refractivity contribution >= 4 is 35.6 Å². The largest absolute Gasteiger partial charge is 0.382 e. The van der Waals surface area contributed by atoms with Crippen LogP contribution < -0.4 is 16.0 Å². The van der Waals surface area contributed by atoms with E-state index in [0.29, 0.717) is 12.5 Å². The van der Waals surface area contributed by atoms with E-state index in [1.165, 1.54) is 11.3 Å². The minimum absolute atomic E-state index is 0. The molecular weight excluding hydrogens is 403 g/mol. The number of nitrogens with two attached hydrogens (primary N) is 1. The number of ether oxygens (including phenoxy) is 1. The molecule has 6 heteroatoms. The van der Waals surface area contributed by atoms with Crippen molar-refractivity contribution in [2.75, 3.05) is 44.3 Å². The van der Waals surface area contributed by atoms with Crippen molar-refractivity contribution in [1.29, 1.82) is 0 Å². The molecule has 0 saturated carbocycles. The number of benzene rings is 1. The van der Waals surface area contributed by atoms with Crippen LogP contribution in [0.1, 0.15) is 25.8 Å². The fourth-order valence-electron chi connectivity index (χ4n) is 2.18. The number of halogens is 1. The van der Waals surface area contributed by atoms with Crippen molar-refractivity contribution in [3.63, 3.8) is 0 Å². The minimum atomic E-state index is 0. The quantitative estimate of drug-likeness (QED) is 0.257. The summed E-state index contributed by atoms with van der Waals surface area (Å²) in [6.45, 7) is 11.1. The van der Waals surface area contributed by atoms with Gasteiger partial charge in [-0.2, -0.15) is 0 Å². The van der Waals surface area contributed by atoms with E-state index >= 15 is 0 Å². The number of nitrogens with zero attached hydrogens (tertiary/aromatic N) is 2. The topological polar surface area (TPSA) is 62.9 Å². The summed E-state index contributed by atoms with van der Waals surface area (Å²) in [5.41, 5.74) is 8.38. The van der Waals surface area contributed by atoms with Crippen molar-refractivity contribution < 1.29 is 4.74 Å². The molecule has 0 aliphatic heterocycles. The van der Waals surface area contributed by atoms with Crippen LogP contribution in [0.5, 0.6) is 0 Å². The van der Waals surface area contributed by atoms with E-state index in [4.69, 9.17) is 10.5 Å². The zero-order valence-electron chi connectivity index (χ0n) is 14.5. The van der Waals surface area contributed by atoms with E-state index in [1.54, 1.807) is 0 Å². The first-order chi connectivity index (χ1) is 10.7. The van der Waals surface area contributed by atoms with Gasteiger partial charge < -0.3 is 20.7 Å². The van der Waals surface area contributed by atoms with Gasteiger partial charge in [0, 0.05) is 45.1 Å².